The van der Waals surface area contributed by atoms with Crippen molar-refractivity contribution < 1.29 is 26.9 Å². The van der Waals surface area contributed by atoms with Crippen molar-refractivity contribution in [3.8, 4) is 11.5 Å². The minimum absolute atomic E-state index is 0. The molecular weight excluding hydrogens is 476 g/mol. The van der Waals surface area contributed by atoms with E-state index in [0.717, 1.165) is 22.2 Å². The van der Waals surface area contributed by atoms with Gasteiger partial charge in [0.2, 0.25) is 0 Å². The summed E-state index contributed by atoms with van der Waals surface area (Å²) in [6.07, 6.45) is 1.53. The first-order valence-corrected chi connectivity index (χ1v) is 11.5. The number of benzene rings is 2. The molecular formula is C21H23ClN2O6S2. The molecule has 2 amide bonds. The van der Waals surface area contributed by atoms with E-state index in [4.69, 9.17) is 14.7 Å². The highest BCUT2D eigenvalue weighted by molar-refractivity contribution is 8.18. The lowest BCUT2D eigenvalue weighted by atomic mass is 10.2. The second-order valence-corrected chi connectivity index (χ2v) is 9.35. The lowest BCUT2D eigenvalue weighted by Crippen LogP contribution is -2.33. The number of hydrogen-bond donors (Lipinski definition) is 1. The smallest absolute Gasteiger partial charge is 0.339 e. The predicted octanol–water partition coefficient (Wildman–Crippen LogP) is 3.50. The summed E-state index contributed by atoms with van der Waals surface area (Å²) >= 11 is 0.819. The molecule has 0 radical (unpaired) electrons. The van der Waals surface area contributed by atoms with Gasteiger partial charge in [0.05, 0.1) is 12.0 Å². The molecule has 8 nitrogen and oxygen atoms in total. The highest BCUT2D eigenvalue weighted by Gasteiger charge is 2.34. The zero-order chi connectivity index (χ0) is 22.8. The molecule has 1 aliphatic rings. The summed E-state index contributed by atoms with van der Waals surface area (Å²) in [4.78, 5) is 25.7. The molecule has 11 heteroatoms. The summed E-state index contributed by atoms with van der Waals surface area (Å²) in [5.74, 6) is -0.238. The molecule has 2 aromatic rings. The lowest BCUT2D eigenvalue weighted by molar-refractivity contribution is -0.122. The van der Waals surface area contributed by atoms with Crippen molar-refractivity contribution in [2.75, 3.05) is 20.2 Å². The van der Waals surface area contributed by atoms with Crippen LogP contribution in [0.2, 0.25) is 0 Å². The number of carbonyl (C=O) groups excluding carboxylic acids is 2. The third-order valence-electron chi connectivity index (χ3n) is 4.52. The van der Waals surface area contributed by atoms with Gasteiger partial charge in [-0.2, -0.15) is 8.42 Å². The molecule has 1 saturated heterocycles. The second-order valence-electron chi connectivity index (χ2n) is 6.84. The van der Waals surface area contributed by atoms with Crippen molar-refractivity contribution >= 4 is 51.5 Å². The SMILES string of the molecule is COc1cc(C=C2SC(=O)N(CCN)C2=O)ccc1OS(=O)(=O)c1cc(C)ccc1C.Cl. The van der Waals surface area contributed by atoms with Crippen LogP contribution < -0.4 is 14.7 Å². The highest BCUT2D eigenvalue weighted by atomic mass is 35.5. The van der Waals surface area contributed by atoms with Crippen LogP contribution in [0.15, 0.2) is 46.2 Å². The number of carbonyl (C=O) groups is 2. The van der Waals surface area contributed by atoms with Gasteiger partial charge in [-0.1, -0.05) is 18.2 Å². The number of methoxy groups -OCH3 is 1. The summed E-state index contributed by atoms with van der Waals surface area (Å²) in [5.41, 5.74) is 7.34. The molecule has 0 atom stereocenters. The Morgan fingerprint density at radius 3 is 2.47 bits per heavy atom. The van der Waals surface area contributed by atoms with Crippen LogP contribution in [0.3, 0.4) is 0 Å². The Morgan fingerprint density at radius 2 is 1.81 bits per heavy atom. The van der Waals surface area contributed by atoms with E-state index in [2.05, 4.69) is 0 Å². The maximum absolute atomic E-state index is 12.8. The topological polar surface area (TPSA) is 116 Å². The largest absolute Gasteiger partial charge is 0.493 e. The van der Waals surface area contributed by atoms with E-state index in [1.54, 1.807) is 32.0 Å². The average Bonchev–Trinajstić information content (AvgIpc) is 2.98. The molecule has 1 aliphatic heterocycles. The van der Waals surface area contributed by atoms with Gasteiger partial charge < -0.3 is 14.7 Å². The van der Waals surface area contributed by atoms with Gasteiger partial charge >= 0.3 is 10.1 Å². The first-order chi connectivity index (χ1) is 14.7. The highest BCUT2D eigenvalue weighted by Crippen LogP contribution is 2.35. The Hall–Kier alpha value is -2.53. The van der Waals surface area contributed by atoms with Crippen LogP contribution in [0.1, 0.15) is 16.7 Å². The fourth-order valence-corrected chi connectivity index (χ4v) is 5.08. The number of imide groups is 1. The number of hydrogen-bond acceptors (Lipinski definition) is 8. The molecule has 172 valence electrons. The van der Waals surface area contributed by atoms with E-state index in [-0.39, 0.29) is 52.0 Å². The molecule has 0 aliphatic carbocycles. The Kier molecular flexibility index (Phi) is 8.35. The van der Waals surface area contributed by atoms with Crippen LogP contribution in [0.5, 0.6) is 11.5 Å². The van der Waals surface area contributed by atoms with Crippen molar-refractivity contribution in [2.24, 2.45) is 5.73 Å². The van der Waals surface area contributed by atoms with Gasteiger partial charge in [0, 0.05) is 13.1 Å². The molecule has 0 aromatic heterocycles. The molecule has 0 bridgehead atoms. The molecule has 2 aromatic carbocycles. The van der Waals surface area contributed by atoms with Crippen molar-refractivity contribution in [3.05, 3.63) is 58.0 Å². The molecule has 1 heterocycles. The van der Waals surface area contributed by atoms with Gasteiger partial charge in [0.25, 0.3) is 11.1 Å². The van der Waals surface area contributed by atoms with Crippen molar-refractivity contribution in [3.63, 3.8) is 0 Å². The molecule has 3 rings (SSSR count). The maximum Gasteiger partial charge on any atom is 0.339 e. The van der Waals surface area contributed by atoms with Crippen LogP contribution in [0.25, 0.3) is 6.08 Å². The summed E-state index contributed by atoms with van der Waals surface area (Å²) in [6.45, 7) is 3.81. The minimum atomic E-state index is -4.08. The fraction of sp³-hybridized carbons (Fsp3) is 0.238. The number of ether oxygens (including phenoxy) is 1. The van der Waals surface area contributed by atoms with Crippen molar-refractivity contribution in [1.29, 1.82) is 0 Å². The maximum atomic E-state index is 12.8. The predicted molar refractivity (Wildman–Crippen MR) is 126 cm³/mol. The van der Waals surface area contributed by atoms with Gasteiger partial charge in [-0.05, 0) is 66.6 Å². The van der Waals surface area contributed by atoms with Crippen molar-refractivity contribution in [2.45, 2.75) is 18.7 Å². The zero-order valence-corrected chi connectivity index (χ0v) is 20.1. The standard InChI is InChI=1S/C21H22N2O6S2.ClH/c1-13-4-5-14(2)19(10-13)31(26,27)29-16-7-6-15(11-17(16)28-3)12-18-20(24)23(9-8-22)21(25)30-18;/h4-7,10-12H,8-9,22H2,1-3H3;1H. The number of nitrogens with zero attached hydrogens (tertiary/aromatic N) is 1. The van der Waals surface area contributed by atoms with E-state index in [1.807, 2.05) is 6.07 Å². The zero-order valence-electron chi connectivity index (χ0n) is 17.7. The quantitative estimate of drug-likeness (QED) is 0.455. The summed E-state index contributed by atoms with van der Waals surface area (Å²) in [5, 5.41) is -0.381. The van der Waals surface area contributed by atoms with Gasteiger partial charge in [-0.3, -0.25) is 14.5 Å². The van der Waals surface area contributed by atoms with Crippen molar-refractivity contribution in [1.82, 2.24) is 4.90 Å². The fourth-order valence-electron chi connectivity index (χ4n) is 2.96. The number of amides is 2. The molecule has 2 N–H and O–H groups in total. The Labute approximate surface area is 197 Å². The number of thioether (sulfide) groups is 1. The summed E-state index contributed by atoms with van der Waals surface area (Å²) in [6, 6.07) is 9.63. The van der Waals surface area contributed by atoms with E-state index in [9.17, 15) is 18.0 Å². The van der Waals surface area contributed by atoms with Crippen LogP contribution >= 0.6 is 24.2 Å². The molecule has 0 saturated carbocycles. The first kappa shape index (κ1) is 25.7. The molecule has 1 fully saturated rings. The van der Waals surface area contributed by atoms with Crippen LogP contribution in [-0.4, -0.2) is 44.7 Å². The number of rotatable bonds is 7. The van der Waals surface area contributed by atoms with Crippen LogP contribution in [0, 0.1) is 13.8 Å². The van der Waals surface area contributed by atoms with Crippen LogP contribution in [-0.2, 0) is 14.9 Å². The lowest BCUT2D eigenvalue weighted by Gasteiger charge is -2.13. The number of aryl methyl sites for hydroxylation is 2. The number of halogens is 1. The Bertz CT molecular complexity index is 1180. The monoisotopic (exact) mass is 498 g/mol. The Morgan fingerprint density at radius 1 is 1.09 bits per heavy atom. The van der Waals surface area contributed by atoms with E-state index < -0.39 is 16.0 Å². The van der Waals surface area contributed by atoms with Gasteiger partial charge in [0.1, 0.15) is 4.90 Å². The summed E-state index contributed by atoms with van der Waals surface area (Å²) < 4.78 is 36.2. The molecule has 32 heavy (non-hydrogen) atoms. The normalized spacial score (nSPS) is 15.1. The number of nitrogens with two attached hydrogens (primary N) is 1. The third kappa shape index (κ3) is 5.44. The minimum Gasteiger partial charge on any atom is -0.493 e. The van der Waals surface area contributed by atoms with E-state index >= 15 is 0 Å². The third-order valence-corrected chi connectivity index (χ3v) is 6.81. The Balaban J connectivity index is 0.00000363. The molecule has 0 unspecified atom stereocenters. The average molecular weight is 499 g/mol. The van der Waals surface area contributed by atoms with Gasteiger partial charge in [-0.15, -0.1) is 12.4 Å². The van der Waals surface area contributed by atoms with Gasteiger partial charge in [-0.25, -0.2) is 0 Å². The van der Waals surface area contributed by atoms with E-state index in [1.165, 1.54) is 25.3 Å². The summed E-state index contributed by atoms with van der Waals surface area (Å²) in [7, 11) is -2.70. The molecule has 0 spiro atoms. The van der Waals surface area contributed by atoms with E-state index in [0.29, 0.717) is 11.1 Å². The second kappa shape index (κ2) is 10.4. The van der Waals surface area contributed by atoms with Gasteiger partial charge in [0.15, 0.2) is 11.5 Å². The van der Waals surface area contributed by atoms with Crippen LogP contribution in [0.4, 0.5) is 4.79 Å². The first-order valence-electron chi connectivity index (χ1n) is 9.31.